The van der Waals surface area contributed by atoms with Gasteiger partial charge < -0.3 is 20.0 Å². The number of aromatic amines is 2. The predicted molar refractivity (Wildman–Crippen MR) is 125 cm³/mol. The van der Waals surface area contributed by atoms with Gasteiger partial charge in [0.15, 0.2) is 5.78 Å². The Labute approximate surface area is 194 Å². The van der Waals surface area contributed by atoms with E-state index in [9.17, 15) is 18.8 Å². The van der Waals surface area contributed by atoms with Crippen LogP contribution in [0.15, 0.2) is 42.5 Å². The van der Waals surface area contributed by atoms with Gasteiger partial charge in [0.05, 0.1) is 35.8 Å². The van der Waals surface area contributed by atoms with E-state index < -0.39 is 5.97 Å². The monoisotopic (exact) mass is 462 g/mol. The smallest absolute Gasteiger partial charge is 0.339 e. The van der Waals surface area contributed by atoms with Gasteiger partial charge in [0.1, 0.15) is 11.6 Å². The summed E-state index contributed by atoms with van der Waals surface area (Å²) in [6, 6.07) is 11.7. The molecule has 34 heavy (non-hydrogen) atoms. The van der Waals surface area contributed by atoms with Crippen LogP contribution >= 0.6 is 0 Å². The number of fused-ring (bicyclic) bond motifs is 1. The fourth-order valence-electron chi connectivity index (χ4n) is 3.93. The van der Waals surface area contributed by atoms with Gasteiger partial charge in [0, 0.05) is 24.7 Å². The lowest BCUT2D eigenvalue weighted by molar-refractivity contribution is -0.115. The number of nitrogens with zero attached hydrogens (tertiary/aromatic N) is 1. The van der Waals surface area contributed by atoms with Crippen LogP contribution in [0.1, 0.15) is 50.4 Å². The number of carbonyl (C=O) groups excluding carboxylic acids is 3. The molecule has 0 atom stereocenters. The van der Waals surface area contributed by atoms with Gasteiger partial charge in [-0.3, -0.25) is 9.59 Å². The summed E-state index contributed by atoms with van der Waals surface area (Å²) in [6.45, 7) is 3.01. The zero-order valence-corrected chi connectivity index (χ0v) is 18.9. The minimum atomic E-state index is -0.620. The number of aromatic nitrogens is 3. The van der Waals surface area contributed by atoms with Crippen molar-refractivity contribution in [2.75, 3.05) is 12.4 Å². The van der Waals surface area contributed by atoms with E-state index in [2.05, 4.69) is 20.3 Å². The molecule has 4 aromatic rings. The number of hydrogen-bond donors (Lipinski definition) is 3. The molecule has 0 saturated heterocycles. The average molecular weight is 462 g/mol. The van der Waals surface area contributed by atoms with Gasteiger partial charge in [0.2, 0.25) is 5.91 Å². The number of amides is 1. The molecule has 174 valence electrons. The number of hydrogen-bond acceptors (Lipinski definition) is 5. The number of ketones is 1. The number of rotatable bonds is 7. The Morgan fingerprint density at radius 3 is 2.59 bits per heavy atom. The molecule has 0 fully saturated rings. The molecule has 8 nitrogen and oxygen atoms in total. The maximum absolute atomic E-state index is 13.9. The van der Waals surface area contributed by atoms with Gasteiger partial charge in [-0.15, -0.1) is 0 Å². The topological polar surface area (TPSA) is 117 Å². The van der Waals surface area contributed by atoms with Crippen molar-refractivity contribution in [3.8, 4) is 0 Å². The molecule has 0 aliphatic rings. The van der Waals surface area contributed by atoms with Crippen LogP contribution in [-0.4, -0.2) is 39.7 Å². The molecule has 0 radical (unpaired) electrons. The first kappa shape index (κ1) is 22.9. The lowest BCUT2D eigenvalue weighted by atomic mass is 10.1. The fourth-order valence-corrected chi connectivity index (χ4v) is 3.93. The number of imidazole rings is 1. The van der Waals surface area contributed by atoms with Crippen molar-refractivity contribution in [3.63, 3.8) is 0 Å². The molecule has 0 unspecified atom stereocenters. The van der Waals surface area contributed by atoms with Crippen molar-refractivity contribution >= 4 is 34.4 Å². The van der Waals surface area contributed by atoms with Crippen LogP contribution in [0, 0.1) is 12.7 Å². The first-order chi connectivity index (χ1) is 16.3. The summed E-state index contributed by atoms with van der Waals surface area (Å²) in [4.78, 5) is 47.3. The summed E-state index contributed by atoms with van der Waals surface area (Å²) >= 11 is 0. The van der Waals surface area contributed by atoms with E-state index in [1.54, 1.807) is 43.3 Å². The van der Waals surface area contributed by atoms with Crippen LogP contribution in [0.3, 0.4) is 0 Å². The summed E-state index contributed by atoms with van der Waals surface area (Å²) in [5.74, 6) is -0.943. The highest BCUT2D eigenvalue weighted by molar-refractivity contribution is 6.02. The number of carbonyl (C=O) groups is 3. The van der Waals surface area contributed by atoms with Crippen molar-refractivity contribution in [1.29, 1.82) is 0 Å². The summed E-state index contributed by atoms with van der Waals surface area (Å²) in [5, 5.41) is 2.79. The average Bonchev–Trinajstić information content (AvgIpc) is 3.34. The maximum atomic E-state index is 13.9. The molecule has 4 rings (SSSR count). The Hall–Kier alpha value is -4.27. The van der Waals surface area contributed by atoms with Crippen LogP contribution in [0.5, 0.6) is 0 Å². The predicted octanol–water partition coefficient (Wildman–Crippen LogP) is 4.10. The number of nitrogens with one attached hydrogen (secondary N) is 3. The number of Topliss-reactive ketones (excluding diaryl/α,β-unsaturated/α-hetero) is 1. The van der Waals surface area contributed by atoms with E-state index in [4.69, 9.17) is 4.74 Å². The highest BCUT2D eigenvalue weighted by atomic mass is 19.1. The standard InChI is InChI=1S/C25H23FN4O4/c1-13-23(25(33)34-3)20(30-24(13)14(2)31)12-22(32)27-16-8-9-18-19(11-16)29-21(28-18)10-15-6-4-5-7-17(15)26/h4-9,11,30H,10,12H2,1-3H3,(H,27,32)(H,28,29). The molecule has 2 heterocycles. The molecule has 0 bridgehead atoms. The van der Waals surface area contributed by atoms with Crippen molar-refractivity contribution in [2.45, 2.75) is 26.7 Å². The molecule has 2 aromatic heterocycles. The van der Waals surface area contributed by atoms with Crippen LogP contribution < -0.4 is 5.32 Å². The first-order valence-corrected chi connectivity index (χ1v) is 10.6. The molecule has 0 spiro atoms. The van der Waals surface area contributed by atoms with Crippen molar-refractivity contribution < 1.29 is 23.5 Å². The second-order valence-electron chi connectivity index (χ2n) is 7.93. The summed E-state index contributed by atoms with van der Waals surface area (Å²) in [7, 11) is 1.24. The Kier molecular flexibility index (Phi) is 6.27. The lowest BCUT2D eigenvalue weighted by Crippen LogP contribution is -2.17. The van der Waals surface area contributed by atoms with Gasteiger partial charge >= 0.3 is 5.97 Å². The van der Waals surface area contributed by atoms with E-state index in [0.29, 0.717) is 45.8 Å². The minimum Gasteiger partial charge on any atom is -0.465 e. The molecule has 1 amide bonds. The zero-order valence-electron chi connectivity index (χ0n) is 18.9. The molecular weight excluding hydrogens is 439 g/mol. The van der Waals surface area contributed by atoms with Crippen molar-refractivity contribution in [3.05, 3.63) is 82.2 Å². The largest absolute Gasteiger partial charge is 0.465 e. The Balaban J connectivity index is 1.52. The van der Waals surface area contributed by atoms with E-state index in [0.717, 1.165) is 0 Å². The molecule has 2 aromatic carbocycles. The molecular formula is C25H23FN4O4. The third-order valence-electron chi connectivity index (χ3n) is 5.54. The van der Waals surface area contributed by atoms with Gasteiger partial charge in [-0.2, -0.15) is 0 Å². The molecule has 0 aliphatic heterocycles. The van der Waals surface area contributed by atoms with Crippen LogP contribution in [0.2, 0.25) is 0 Å². The summed E-state index contributed by atoms with van der Waals surface area (Å²) in [6.07, 6.45) is 0.155. The third-order valence-corrected chi connectivity index (χ3v) is 5.54. The van der Waals surface area contributed by atoms with Gasteiger partial charge in [-0.05, 0) is 42.3 Å². The molecule has 0 saturated carbocycles. The van der Waals surface area contributed by atoms with Gasteiger partial charge in [0.25, 0.3) is 0 Å². The van der Waals surface area contributed by atoms with Crippen molar-refractivity contribution in [2.24, 2.45) is 0 Å². The number of anilines is 1. The van der Waals surface area contributed by atoms with Crippen LogP contribution in [0.25, 0.3) is 11.0 Å². The Morgan fingerprint density at radius 1 is 1.12 bits per heavy atom. The normalized spacial score (nSPS) is 10.9. The number of halogens is 1. The van der Waals surface area contributed by atoms with Gasteiger partial charge in [-0.1, -0.05) is 18.2 Å². The second kappa shape index (κ2) is 9.30. The van der Waals surface area contributed by atoms with E-state index in [1.807, 2.05) is 0 Å². The fraction of sp³-hybridized carbons (Fsp3) is 0.200. The van der Waals surface area contributed by atoms with Crippen LogP contribution in [0.4, 0.5) is 10.1 Å². The summed E-state index contributed by atoms with van der Waals surface area (Å²) < 4.78 is 18.8. The second-order valence-corrected chi connectivity index (χ2v) is 7.93. The lowest BCUT2D eigenvalue weighted by Gasteiger charge is -2.06. The molecule has 9 heteroatoms. The first-order valence-electron chi connectivity index (χ1n) is 10.6. The third kappa shape index (κ3) is 4.59. The van der Waals surface area contributed by atoms with E-state index >= 15 is 0 Å². The summed E-state index contributed by atoms with van der Waals surface area (Å²) in [5.41, 5.74) is 3.63. The molecule has 0 aliphatic carbocycles. The zero-order chi connectivity index (χ0) is 24.4. The van der Waals surface area contributed by atoms with Gasteiger partial charge in [-0.25, -0.2) is 14.2 Å². The SMILES string of the molecule is COC(=O)c1c(CC(=O)Nc2ccc3nc(Cc4ccccc4F)[nH]c3c2)[nH]c(C(C)=O)c1C. The van der Waals surface area contributed by atoms with Crippen molar-refractivity contribution in [1.82, 2.24) is 15.0 Å². The number of benzene rings is 2. The highest BCUT2D eigenvalue weighted by Crippen LogP contribution is 2.23. The number of methoxy groups -OCH3 is 1. The number of H-pyrrole nitrogens is 2. The van der Waals surface area contributed by atoms with Crippen LogP contribution in [-0.2, 0) is 22.4 Å². The Morgan fingerprint density at radius 2 is 1.88 bits per heavy atom. The highest BCUT2D eigenvalue weighted by Gasteiger charge is 2.24. The quantitative estimate of drug-likeness (QED) is 0.282. The van der Waals surface area contributed by atoms with E-state index in [1.165, 1.54) is 20.1 Å². The number of esters is 1. The maximum Gasteiger partial charge on any atom is 0.339 e. The van der Waals surface area contributed by atoms with E-state index in [-0.39, 0.29) is 35.2 Å². The molecule has 3 N–H and O–H groups in total. The number of ether oxygens (including phenoxy) is 1. The minimum absolute atomic E-state index is 0.155. The Bertz CT molecular complexity index is 1420.